The highest BCUT2D eigenvalue weighted by Crippen LogP contribution is 2.46. The van der Waals surface area contributed by atoms with Crippen molar-refractivity contribution in [2.45, 2.75) is 58.1 Å². The number of carbonyl (C=O) groups is 1. The second-order valence-corrected chi connectivity index (χ2v) is 7.64. The number of unbranched alkanes of at least 4 members (excludes halogenated alkanes) is 3. The molecule has 0 spiro atoms. The minimum Gasteiger partial charge on any atom is -0.430 e. The summed E-state index contributed by atoms with van der Waals surface area (Å²) < 4.78 is 6.17. The number of cyclic esters (lactones) is 1. The van der Waals surface area contributed by atoms with Gasteiger partial charge in [-0.2, -0.15) is 0 Å². The van der Waals surface area contributed by atoms with Crippen molar-refractivity contribution in [3.05, 3.63) is 71.8 Å². The molecule has 3 rings (SSSR count). The molecule has 2 aromatic carbocycles. The molecule has 3 heteroatoms. The van der Waals surface area contributed by atoms with Crippen LogP contribution in [0, 0.1) is 17.9 Å². The lowest BCUT2D eigenvalue weighted by atomic mass is 9.76. The molecule has 0 N–H and O–H groups in total. The molecule has 0 saturated carbocycles. The highest BCUT2D eigenvalue weighted by molar-refractivity contribution is 5.76. The molecule has 28 heavy (non-hydrogen) atoms. The fraction of sp³-hybridized carbons (Fsp3) is 0.400. The molecule has 1 aliphatic rings. The van der Waals surface area contributed by atoms with Crippen LogP contribution in [0.5, 0.6) is 0 Å². The Hall–Kier alpha value is -2.73. The molecule has 0 radical (unpaired) electrons. The summed E-state index contributed by atoms with van der Waals surface area (Å²) in [6.07, 6.45) is 3.81. The fourth-order valence-corrected chi connectivity index (χ4v) is 4.03. The van der Waals surface area contributed by atoms with Gasteiger partial charge < -0.3 is 4.74 Å². The summed E-state index contributed by atoms with van der Waals surface area (Å²) >= 11 is 0. The molecular formula is C25H29NO2. The van der Waals surface area contributed by atoms with E-state index in [-0.39, 0.29) is 18.1 Å². The highest BCUT2D eigenvalue weighted by atomic mass is 16.6. The Labute approximate surface area is 168 Å². The van der Waals surface area contributed by atoms with Crippen molar-refractivity contribution in [1.29, 1.82) is 0 Å². The first kappa shape index (κ1) is 20.0. The molecule has 2 aromatic rings. The Morgan fingerprint density at radius 3 is 2.07 bits per heavy atom. The van der Waals surface area contributed by atoms with Gasteiger partial charge in [-0.15, -0.1) is 0 Å². The number of hydrogen-bond acceptors (Lipinski definition) is 2. The number of hydrogen-bond donors (Lipinski definition) is 0. The summed E-state index contributed by atoms with van der Waals surface area (Å²) in [7, 11) is 0. The normalized spacial score (nSPS) is 17.9. The van der Waals surface area contributed by atoms with Crippen LogP contribution < -0.4 is 0 Å². The van der Waals surface area contributed by atoms with Crippen LogP contribution >= 0.6 is 0 Å². The van der Waals surface area contributed by atoms with E-state index in [9.17, 15) is 4.79 Å². The third-order valence-electron chi connectivity index (χ3n) is 5.28. The number of amides is 1. The van der Waals surface area contributed by atoms with Crippen LogP contribution in [0.25, 0.3) is 0 Å². The van der Waals surface area contributed by atoms with Gasteiger partial charge in [0.05, 0.1) is 6.04 Å². The van der Waals surface area contributed by atoms with Crippen LogP contribution in [0.2, 0.25) is 0 Å². The Kier molecular flexibility index (Phi) is 6.41. The number of ether oxygens (including phenoxy) is 1. The zero-order valence-corrected chi connectivity index (χ0v) is 17.0. The summed E-state index contributed by atoms with van der Waals surface area (Å²) in [4.78, 5) is 14.6. The summed E-state index contributed by atoms with van der Waals surface area (Å²) in [6.45, 7) is 6.42. The van der Waals surface area contributed by atoms with Crippen LogP contribution in [0.4, 0.5) is 4.79 Å². The molecule has 1 amide bonds. The maximum absolute atomic E-state index is 13.0. The van der Waals surface area contributed by atoms with Gasteiger partial charge >= 0.3 is 6.09 Å². The first-order chi connectivity index (χ1) is 13.6. The lowest BCUT2D eigenvalue weighted by molar-refractivity contribution is 0.0565. The van der Waals surface area contributed by atoms with E-state index in [2.05, 4.69) is 32.7 Å². The van der Waals surface area contributed by atoms with Crippen LogP contribution in [-0.2, 0) is 10.3 Å². The van der Waals surface area contributed by atoms with E-state index in [1.807, 2.05) is 60.7 Å². The molecule has 1 aliphatic heterocycles. The maximum Gasteiger partial charge on any atom is 0.423 e. The number of carbonyl (C=O) groups excluding carboxylic acids is 1. The zero-order valence-electron chi connectivity index (χ0n) is 17.0. The van der Waals surface area contributed by atoms with E-state index >= 15 is 0 Å². The van der Waals surface area contributed by atoms with Gasteiger partial charge in [0.15, 0.2) is 5.60 Å². The molecule has 0 aromatic heterocycles. The van der Waals surface area contributed by atoms with Gasteiger partial charge in [-0.3, -0.25) is 0 Å². The zero-order chi connectivity index (χ0) is 20.0. The third-order valence-corrected chi connectivity index (χ3v) is 5.28. The van der Waals surface area contributed by atoms with Gasteiger partial charge in [0.2, 0.25) is 0 Å². The molecular weight excluding hydrogens is 346 g/mol. The average molecular weight is 376 g/mol. The van der Waals surface area contributed by atoms with Crippen molar-refractivity contribution in [2.75, 3.05) is 0 Å². The Morgan fingerprint density at radius 1 is 1.00 bits per heavy atom. The molecule has 3 nitrogen and oxygen atoms in total. The first-order valence-electron chi connectivity index (χ1n) is 10.2. The molecule has 1 atom stereocenters. The van der Waals surface area contributed by atoms with Crippen molar-refractivity contribution in [3.8, 4) is 12.0 Å². The molecule has 1 saturated heterocycles. The Bertz CT molecular complexity index is 794. The van der Waals surface area contributed by atoms with Crippen molar-refractivity contribution < 1.29 is 9.53 Å². The van der Waals surface area contributed by atoms with E-state index < -0.39 is 5.60 Å². The average Bonchev–Trinajstić information content (AvgIpc) is 3.03. The van der Waals surface area contributed by atoms with E-state index in [4.69, 9.17) is 4.74 Å². The van der Waals surface area contributed by atoms with Gasteiger partial charge in [-0.05, 0) is 12.3 Å². The van der Waals surface area contributed by atoms with E-state index in [1.165, 1.54) is 0 Å². The first-order valence-corrected chi connectivity index (χ1v) is 10.2. The van der Waals surface area contributed by atoms with Crippen molar-refractivity contribution in [2.24, 2.45) is 5.92 Å². The maximum atomic E-state index is 13.0. The van der Waals surface area contributed by atoms with E-state index in [0.29, 0.717) is 0 Å². The summed E-state index contributed by atoms with van der Waals surface area (Å²) in [5.41, 5.74) is 1.08. The minimum atomic E-state index is -0.869. The molecule has 0 bridgehead atoms. The van der Waals surface area contributed by atoms with Crippen LogP contribution in [0.3, 0.4) is 0 Å². The van der Waals surface area contributed by atoms with Crippen LogP contribution in [0.15, 0.2) is 60.7 Å². The quantitative estimate of drug-likeness (QED) is 0.461. The Balaban J connectivity index is 2.08. The summed E-state index contributed by atoms with van der Waals surface area (Å²) in [5, 5.41) is 0. The second kappa shape index (κ2) is 8.97. The summed E-state index contributed by atoms with van der Waals surface area (Å²) in [6, 6.07) is 23.0. The van der Waals surface area contributed by atoms with E-state index in [1.54, 1.807) is 4.90 Å². The van der Waals surface area contributed by atoms with Crippen LogP contribution in [0.1, 0.15) is 57.6 Å². The van der Waals surface area contributed by atoms with Gasteiger partial charge in [-0.1, -0.05) is 100 Å². The predicted octanol–water partition coefficient (Wildman–Crippen LogP) is 5.95. The standard InChI is InChI=1S/C25H29NO2/c1-4-5-6-7-14-19-26-23(20(2)3)25(28-24(26)27,21-15-10-8-11-16-21)22-17-12-9-13-18-22/h8-13,15-18,20,23H,4-7H2,1-3H3/t23-/m1/s1. The molecule has 0 unspecified atom stereocenters. The predicted molar refractivity (Wildman–Crippen MR) is 113 cm³/mol. The lowest BCUT2D eigenvalue weighted by Gasteiger charge is -2.36. The molecule has 1 heterocycles. The molecule has 0 aliphatic carbocycles. The highest BCUT2D eigenvalue weighted by Gasteiger charge is 2.57. The topological polar surface area (TPSA) is 29.5 Å². The van der Waals surface area contributed by atoms with Crippen LogP contribution in [-0.4, -0.2) is 17.0 Å². The van der Waals surface area contributed by atoms with Gasteiger partial charge in [0.1, 0.15) is 0 Å². The van der Waals surface area contributed by atoms with Gasteiger partial charge in [-0.25, -0.2) is 9.69 Å². The summed E-state index contributed by atoms with van der Waals surface area (Å²) in [5.74, 6) is 3.36. The number of benzene rings is 2. The Morgan fingerprint density at radius 2 is 1.57 bits per heavy atom. The van der Waals surface area contributed by atoms with E-state index in [0.717, 1.165) is 36.8 Å². The smallest absolute Gasteiger partial charge is 0.423 e. The molecule has 146 valence electrons. The largest absolute Gasteiger partial charge is 0.430 e. The monoisotopic (exact) mass is 375 g/mol. The van der Waals surface area contributed by atoms with Gasteiger partial charge in [0, 0.05) is 23.6 Å². The number of nitrogens with zero attached hydrogens (tertiary/aromatic N) is 1. The van der Waals surface area contributed by atoms with Crippen molar-refractivity contribution in [3.63, 3.8) is 0 Å². The second-order valence-electron chi connectivity index (χ2n) is 7.64. The third kappa shape index (κ3) is 3.78. The van der Waals surface area contributed by atoms with Gasteiger partial charge in [0.25, 0.3) is 0 Å². The fourth-order valence-electron chi connectivity index (χ4n) is 4.03. The SMILES string of the molecule is CCCCCC#CN1C(=O)OC(c2ccccc2)(c2ccccc2)[C@H]1C(C)C. The minimum absolute atomic E-state index is 0.164. The molecule has 1 fully saturated rings. The lowest BCUT2D eigenvalue weighted by Crippen LogP contribution is -2.46. The van der Waals surface area contributed by atoms with Crippen molar-refractivity contribution in [1.82, 2.24) is 4.90 Å². The number of rotatable bonds is 6. The van der Waals surface area contributed by atoms with Crippen molar-refractivity contribution >= 4 is 6.09 Å².